The molecule has 3 aromatic rings. The Morgan fingerprint density at radius 2 is 1.32 bits per heavy atom. The number of rotatable bonds is 10. The van der Waals surface area contributed by atoms with Gasteiger partial charge in [0.15, 0.2) is 0 Å². The van der Waals surface area contributed by atoms with Crippen molar-refractivity contribution in [3.63, 3.8) is 0 Å². The molecule has 0 aromatic heterocycles. The molecule has 0 aliphatic carbocycles. The fourth-order valence-corrected chi connectivity index (χ4v) is 5.01. The maximum atomic E-state index is 14.2. The summed E-state index contributed by atoms with van der Waals surface area (Å²) >= 11 is 0. The van der Waals surface area contributed by atoms with E-state index in [1.54, 1.807) is 4.90 Å². The maximum absolute atomic E-state index is 14.2. The van der Waals surface area contributed by atoms with Crippen molar-refractivity contribution in [2.24, 2.45) is 0 Å². The van der Waals surface area contributed by atoms with Crippen LogP contribution in [-0.4, -0.2) is 42.6 Å². The minimum absolute atomic E-state index is 0. The molecule has 1 N–H and O–H groups in total. The van der Waals surface area contributed by atoms with Crippen molar-refractivity contribution < 1.29 is 35.0 Å². The minimum Gasteiger partial charge on any atom is -1.00 e. The Morgan fingerprint density at radius 1 is 0.816 bits per heavy atom. The van der Waals surface area contributed by atoms with Crippen LogP contribution in [0.5, 0.6) is 0 Å². The highest BCUT2D eigenvalue weighted by Gasteiger charge is 2.20. The van der Waals surface area contributed by atoms with Crippen LogP contribution in [-0.2, 0) is 13.1 Å². The molecular weight excluding hydrogens is 548 g/mol. The lowest BCUT2D eigenvalue weighted by molar-refractivity contribution is -0.903. The number of nitrogens with one attached hydrogen (secondary N) is 1. The zero-order chi connectivity index (χ0) is 27.2. The lowest BCUT2D eigenvalue weighted by atomic mass is 10.1. The molecular formula is C31H40BrF2N3O. The van der Waals surface area contributed by atoms with Gasteiger partial charge < -0.3 is 31.7 Å². The SMILES string of the molecule is Cc1cc(C)cc(CN(CCCC[N+](C)(C)Cc2cc(C)cc(C)c2)C(=O)Nc2c(F)cccc2F)c1.[Br-]. The van der Waals surface area contributed by atoms with Gasteiger partial charge >= 0.3 is 6.03 Å². The number of carbonyl (C=O) groups is 1. The standard InChI is InChI=1S/C31H39F2N3O.BrH/c1-22-14-23(2)17-26(16-22)20-35(31(37)34-30-28(32)10-9-11-29(30)33)12-7-8-13-36(5,6)21-27-18-24(3)15-25(4)19-27;/h9-11,14-19H,7-8,12-13,20-21H2,1-6H3;1H. The van der Waals surface area contributed by atoms with Gasteiger partial charge in [0, 0.05) is 18.7 Å². The summed E-state index contributed by atoms with van der Waals surface area (Å²) in [5, 5.41) is 2.46. The van der Waals surface area contributed by atoms with Gasteiger partial charge in [0.2, 0.25) is 0 Å². The topological polar surface area (TPSA) is 32.3 Å². The Kier molecular flexibility index (Phi) is 11.5. The highest BCUT2D eigenvalue weighted by atomic mass is 79.9. The van der Waals surface area contributed by atoms with E-state index < -0.39 is 23.4 Å². The summed E-state index contributed by atoms with van der Waals surface area (Å²) in [6, 6.07) is 15.9. The van der Waals surface area contributed by atoms with Gasteiger partial charge in [-0.2, -0.15) is 0 Å². The van der Waals surface area contributed by atoms with E-state index in [1.807, 2.05) is 26.0 Å². The molecule has 0 bridgehead atoms. The van der Waals surface area contributed by atoms with Gasteiger partial charge in [0.25, 0.3) is 0 Å². The minimum atomic E-state index is -0.787. The summed E-state index contributed by atoms with van der Waals surface area (Å²) < 4.78 is 29.2. The monoisotopic (exact) mass is 587 g/mol. The summed E-state index contributed by atoms with van der Waals surface area (Å²) in [6.45, 7) is 11.0. The van der Waals surface area contributed by atoms with E-state index >= 15 is 0 Å². The number of benzene rings is 3. The van der Waals surface area contributed by atoms with E-state index in [2.05, 4.69) is 57.5 Å². The number of amides is 2. The van der Waals surface area contributed by atoms with E-state index in [0.29, 0.717) is 13.1 Å². The number of hydrogen-bond acceptors (Lipinski definition) is 1. The van der Waals surface area contributed by atoms with Crippen molar-refractivity contribution in [3.05, 3.63) is 99.6 Å². The van der Waals surface area contributed by atoms with E-state index in [1.165, 1.54) is 22.8 Å². The number of halogens is 3. The van der Waals surface area contributed by atoms with E-state index in [-0.39, 0.29) is 17.0 Å². The van der Waals surface area contributed by atoms with Gasteiger partial charge in [-0.1, -0.05) is 64.7 Å². The number of aryl methyl sites for hydroxylation is 4. The lowest BCUT2D eigenvalue weighted by Crippen LogP contribution is -3.00. The van der Waals surface area contributed by atoms with Crippen molar-refractivity contribution in [1.29, 1.82) is 0 Å². The summed E-state index contributed by atoms with van der Waals surface area (Å²) in [6.07, 6.45) is 1.70. The lowest BCUT2D eigenvalue weighted by Gasteiger charge is -2.31. The zero-order valence-electron chi connectivity index (χ0n) is 23.4. The fourth-order valence-electron chi connectivity index (χ4n) is 5.01. The first-order valence-electron chi connectivity index (χ1n) is 12.9. The van der Waals surface area contributed by atoms with Gasteiger partial charge in [0.1, 0.15) is 23.9 Å². The van der Waals surface area contributed by atoms with Crippen LogP contribution < -0.4 is 22.3 Å². The van der Waals surface area contributed by atoms with Gasteiger partial charge in [-0.15, -0.1) is 0 Å². The molecule has 7 heteroatoms. The Balaban J connectivity index is 0.00000507. The normalized spacial score (nSPS) is 11.2. The molecule has 0 fully saturated rings. The number of para-hydroxylation sites is 1. The molecule has 38 heavy (non-hydrogen) atoms. The molecule has 3 rings (SSSR count). The average Bonchev–Trinajstić information content (AvgIpc) is 2.76. The first-order chi connectivity index (χ1) is 17.4. The second-order valence-corrected chi connectivity index (χ2v) is 11.0. The summed E-state index contributed by atoms with van der Waals surface area (Å²) in [7, 11) is 4.44. The Morgan fingerprint density at radius 3 is 1.84 bits per heavy atom. The van der Waals surface area contributed by atoms with Crippen LogP contribution in [0.25, 0.3) is 0 Å². The number of unbranched alkanes of at least 4 members (excludes halogenated alkanes) is 1. The van der Waals surface area contributed by atoms with E-state index in [9.17, 15) is 13.6 Å². The molecule has 0 saturated heterocycles. The molecule has 4 nitrogen and oxygen atoms in total. The number of anilines is 1. The summed E-state index contributed by atoms with van der Waals surface area (Å²) in [4.78, 5) is 14.8. The summed E-state index contributed by atoms with van der Waals surface area (Å²) in [5.41, 5.74) is 6.67. The average molecular weight is 589 g/mol. The zero-order valence-corrected chi connectivity index (χ0v) is 25.0. The van der Waals surface area contributed by atoms with Crippen molar-refractivity contribution in [3.8, 4) is 0 Å². The van der Waals surface area contributed by atoms with Crippen LogP contribution in [0.15, 0.2) is 54.6 Å². The third-order valence-corrected chi connectivity index (χ3v) is 6.47. The number of hydrogen-bond donors (Lipinski definition) is 1. The molecule has 3 aromatic carbocycles. The van der Waals surface area contributed by atoms with Crippen LogP contribution in [0.2, 0.25) is 0 Å². The van der Waals surface area contributed by atoms with Crippen molar-refractivity contribution >= 4 is 11.7 Å². The summed E-state index contributed by atoms with van der Waals surface area (Å²) in [5.74, 6) is -1.57. The molecule has 0 atom stereocenters. The Bertz CT molecular complexity index is 1190. The second kappa shape index (κ2) is 13.9. The van der Waals surface area contributed by atoms with Gasteiger partial charge in [-0.3, -0.25) is 0 Å². The van der Waals surface area contributed by atoms with Crippen molar-refractivity contribution in [1.82, 2.24) is 4.90 Å². The molecule has 0 aliphatic heterocycles. The molecule has 0 aliphatic rings. The van der Waals surface area contributed by atoms with Crippen molar-refractivity contribution in [2.75, 3.05) is 32.5 Å². The number of urea groups is 1. The van der Waals surface area contributed by atoms with Crippen molar-refractivity contribution in [2.45, 2.75) is 53.6 Å². The third kappa shape index (κ3) is 9.52. The number of quaternary nitrogens is 1. The van der Waals surface area contributed by atoms with Crippen LogP contribution >= 0.6 is 0 Å². The van der Waals surface area contributed by atoms with Crippen LogP contribution in [0, 0.1) is 39.3 Å². The first-order valence-corrected chi connectivity index (χ1v) is 12.9. The van der Waals surface area contributed by atoms with E-state index in [0.717, 1.165) is 59.2 Å². The first kappa shape index (κ1) is 31.4. The Labute approximate surface area is 237 Å². The molecule has 0 heterocycles. The van der Waals surface area contributed by atoms with Gasteiger partial charge in [-0.25, -0.2) is 13.6 Å². The maximum Gasteiger partial charge on any atom is 0.322 e. The smallest absolute Gasteiger partial charge is 0.322 e. The fraction of sp³-hybridized carbons (Fsp3) is 0.387. The van der Waals surface area contributed by atoms with E-state index in [4.69, 9.17) is 0 Å². The largest absolute Gasteiger partial charge is 1.00 e. The molecule has 206 valence electrons. The third-order valence-electron chi connectivity index (χ3n) is 6.47. The predicted molar refractivity (Wildman–Crippen MR) is 148 cm³/mol. The van der Waals surface area contributed by atoms with Crippen LogP contribution in [0.3, 0.4) is 0 Å². The second-order valence-electron chi connectivity index (χ2n) is 11.0. The highest BCUT2D eigenvalue weighted by Crippen LogP contribution is 2.20. The van der Waals surface area contributed by atoms with Gasteiger partial charge in [0.05, 0.1) is 20.6 Å². The highest BCUT2D eigenvalue weighted by molar-refractivity contribution is 5.89. The molecule has 0 radical (unpaired) electrons. The number of carbonyl (C=O) groups excluding carboxylic acids is 1. The Hall–Kier alpha value is -2.77. The molecule has 0 unspecified atom stereocenters. The quantitative estimate of drug-likeness (QED) is 0.278. The number of nitrogens with zero attached hydrogens (tertiary/aromatic N) is 2. The molecule has 2 amide bonds. The predicted octanol–water partition coefficient (Wildman–Crippen LogP) is 4.29. The van der Waals surface area contributed by atoms with Gasteiger partial charge in [-0.05, 0) is 58.2 Å². The van der Waals surface area contributed by atoms with Crippen LogP contribution in [0.1, 0.15) is 46.2 Å². The molecule has 0 spiro atoms. The molecule has 0 saturated carbocycles. The van der Waals surface area contributed by atoms with Crippen LogP contribution in [0.4, 0.5) is 19.3 Å².